The molecule has 1 aromatic carbocycles. The van der Waals surface area contributed by atoms with E-state index in [-0.39, 0.29) is 24.3 Å². The van der Waals surface area contributed by atoms with Gasteiger partial charge in [-0.2, -0.15) is 0 Å². The van der Waals surface area contributed by atoms with Gasteiger partial charge in [-0.3, -0.25) is 14.4 Å². The van der Waals surface area contributed by atoms with Gasteiger partial charge in [0.1, 0.15) is 5.54 Å². The van der Waals surface area contributed by atoms with Gasteiger partial charge >= 0.3 is 5.97 Å². The summed E-state index contributed by atoms with van der Waals surface area (Å²) < 4.78 is 1.07. The minimum absolute atomic E-state index is 0.0241. The van der Waals surface area contributed by atoms with E-state index in [9.17, 15) is 14.4 Å². The normalized spacial score (nSPS) is 21.6. The summed E-state index contributed by atoms with van der Waals surface area (Å²) in [6.45, 7) is 2.88. The number of thiophene rings is 1. The van der Waals surface area contributed by atoms with Crippen LogP contribution in [0, 0.1) is 0 Å². The molecule has 6 nitrogen and oxygen atoms in total. The second-order valence-electron chi connectivity index (χ2n) is 8.91. The van der Waals surface area contributed by atoms with E-state index in [1.54, 1.807) is 16.2 Å². The molecule has 2 heterocycles. The van der Waals surface area contributed by atoms with Crippen molar-refractivity contribution >= 4 is 39.2 Å². The Labute approximate surface area is 186 Å². The Balaban J connectivity index is 1.55. The number of carboxylic acid groups (broad SMARTS) is 1. The molecule has 2 aliphatic rings. The van der Waals surface area contributed by atoms with Crippen LogP contribution in [0.1, 0.15) is 68.6 Å². The maximum atomic E-state index is 13.8. The number of nitrogens with zero attached hydrogens (tertiary/aromatic N) is 2. The number of hydrogen-bond acceptors (Lipinski definition) is 4. The summed E-state index contributed by atoms with van der Waals surface area (Å²) in [5.41, 5.74) is -0.199. The van der Waals surface area contributed by atoms with Gasteiger partial charge in [0.05, 0.1) is 5.56 Å². The van der Waals surface area contributed by atoms with Gasteiger partial charge in [0, 0.05) is 41.0 Å². The summed E-state index contributed by atoms with van der Waals surface area (Å²) in [7, 11) is 0. The highest BCUT2D eigenvalue weighted by molar-refractivity contribution is 7.17. The molecule has 4 rings (SSSR count). The molecule has 1 aliphatic carbocycles. The largest absolute Gasteiger partial charge is 0.481 e. The predicted octanol–water partition coefficient (Wildman–Crippen LogP) is 4.53. The average Bonchev–Trinajstić information content (AvgIpc) is 3.19. The van der Waals surface area contributed by atoms with Crippen molar-refractivity contribution in [3.05, 3.63) is 35.2 Å². The lowest BCUT2D eigenvalue weighted by atomic mass is 9.82. The molecule has 1 saturated heterocycles. The van der Waals surface area contributed by atoms with Gasteiger partial charge in [-0.15, -0.1) is 11.3 Å². The lowest BCUT2D eigenvalue weighted by Crippen LogP contribution is -2.68. The number of hydrogen-bond donors (Lipinski definition) is 1. The predicted molar refractivity (Wildman–Crippen MR) is 121 cm³/mol. The van der Waals surface area contributed by atoms with E-state index in [0.29, 0.717) is 31.5 Å². The number of carbonyl (C=O) groups is 3. The van der Waals surface area contributed by atoms with E-state index in [4.69, 9.17) is 5.11 Å². The zero-order valence-electron chi connectivity index (χ0n) is 18.0. The molecular weight excluding hydrogens is 412 g/mol. The number of rotatable bonds is 7. The van der Waals surface area contributed by atoms with Crippen molar-refractivity contribution in [3.63, 3.8) is 0 Å². The smallest absolute Gasteiger partial charge is 0.303 e. The summed E-state index contributed by atoms with van der Waals surface area (Å²) in [4.78, 5) is 41.8. The van der Waals surface area contributed by atoms with Crippen LogP contribution in [0.15, 0.2) is 29.6 Å². The van der Waals surface area contributed by atoms with Gasteiger partial charge in [0.2, 0.25) is 5.91 Å². The summed E-state index contributed by atoms with van der Waals surface area (Å²) in [6, 6.07) is 8.00. The highest BCUT2D eigenvalue weighted by Crippen LogP contribution is 2.38. The number of fused-ring (bicyclic) bond motifs is 1. The fourth-order valence-electron chi connectivity index (χ4n) is 4.95. The van der Waals surface area contributed by atoms with Crippen LogP contribution in [0.2, 0.25) is 0 Å². The second kappa shape index (κ2) is 8.99. The van der Waals surface area contributed by atoms with Gasteiger partial charge in [-0.25, -0.2) is 0 Å². The minimum atomic E-state index is -0.860. The zero-order valence-corrected chi connectivity index (χ0v) is 18.8. The van der Waals surface area contributed by atoms with E-state index in [2.05, 4.69) is 0 Å². The number of carboxylic acids is 1. The van der Waals surface area contributed by atoms with Crippen LogP contribution in [-0.2, 0) is 9.59 Å². The third-order valence-corrected chi connectivity index (χ3v) is 7.86. The average molecular weight is 443 g/mol. The Kier molecular flexibility index (Phi) is 6.32. The molecule has 0 radical (unpaired) electrons. The van der Waals surface area contributed by atoms with Crippen molar-refractivity contribution in [2.45, 2.75) is 69.9 Å². The van der Waals surface area contributed by atoms with Gasteiger partial charge in [-0.05, 0) is 38.7 Å². The van der Waals surface area contributed by atoms with E-state index >= 15 is 0 Å². The van der Waals surface area contributed by atoms with Crippen molar-refractivity contribution in [2.24, 2.45) is 0 Å². The second-order valence-corrected chi connectivity index (χ2v) is 9.83. The minimum Gasteiger partial charge on any atom is -0.481 e. The van der Waals surface area contributed by atoms with Crippen molar-refractivity contribution < 1.29 is 19.5 Å². The molecule has 1 N–H and O–H groups in total. The fraction of sp³-hybridized carbons (Fsp3) is 0.542. The van der Waals surface area contributed by atoms with Crippen LogP contribution < -0.4 is 0 Å². The van der Waals surface area contributed by atoms with Crippen LogP contribution in [0.5, 0.6) is 0 Å². The van der Waals surface area contributed by atoms with E-state index < -0.39 is 11.5 Å². The number of amides is 2. The maximum absolute atomic E-state index is 13.8. The quantitative estimate of drug-likeness (QED) is 0.683. The molecule has 2 aromatic rings. The van der Waals surface area contributed by atoms with Crippen LogP contribution in [-0.4, -0.2) is 57.4 Å². The molecule has 7 heteroatoms. The molecule has 1 unspecified atom stereocenters. The molecule has 166 valence electrons. The number of carbonyl (C=O) groups excluding carboxylic acids is 2. The molecule has 1 saturated carbocycles. The highest BCUT2D eigenvalue weighted by atomic mass is 32.1. The molecule has 2 fully saturated rings. The van der Waals surface area contributed by atoms with Crippen LogP contribution in [0.25, 0.3) is 10.1 Å². The maximum Gasteiger partial charge on any atom is 0.303 e. The first-order valence-electron chi connectivity index (χ1n) is 11.2. The number of benzene rings is 1. The van der Waals surface area contributed by atoms with Crippen molar-refractivity contribution in [2.75, 3.05) is 13.1 Å². The molecule has 0 spiro atoms. The molecule has 1 atom stereocenters. The SMILES string of the molecule is CC1(C(=O)N(CCCC(=O)O)C2CCCCC2)CCN1C(=O)c1csc2ccccc12. The molecule has 1 aromatic heterocycles. The Morgan fingerprint density at radius 3 is 2.61 bits per heavy atom. The summed E-state index contributed by atoms with van der Waals surface area (Å²) in [5, 5.41) is 11.9. The first-order valence-corrected chi connectivity index (χ1v) is 12.1. The van der Waals surface area contributed by atoms with Gasteiger partial charge in [0.25, 0.3) is 5.91 Å². The number of likely N-dealkylation sites (tertiary alicyclic amines) is 1. The monoisotopic (exact) mass is 442 g/mol. The Hall–Kier alpha value is -2.41. The lowest BCUT2D eigenvalue weighted by Gasteiger charge is -2.52. The molecule has 0 bridgehead atoms. The van der Waals surface area contributed by atoms with E-state index in [1.807, 2.05) is 41.5 Å². The Morgan fingerprint density at radius 1 is 1.19 bits per heavy atom. The Bertz CT molecular complexity index is 981. The summed E-state index contributed by atoms with van der Waals surface area (Å²) in [5.74, 6) is -0.954. The first-order chi connectivity index (χ1) is 14.9. The number of aliphatic carboxylic acids is 1. The lowest BCUT2D eigenvalue weighted by molar-refractivity contribution is -0.152. The molecular formula is C24H30N2O4S. The fourth-order valence-corrected chi connectivity index (χ4v) is 5.88. The first kappa shape index (κ1) is 21.8. The van der Waals surface area contributed by atoms with Crippen molar-refractivity contribution in [1.82, 2.24) is 9.80 Å². The van der Waals surface area contributed by atoms with Gasteiger partial charge in [-0.1, -0.05) is 37.5 Å². The third-order valence-electron chi connectivity index (χ3n) is 6.90. The van der Waals surface area contributed by atoms with E-state index in [0.717, 1.165) is 35.8 Å². The van der Waals surface area contributed by atoms with Crippen LogP contribution in [0.4, 0.5) is 0 Å². The zero-order chi connectivity index (χ0) is 22.0. The van der Waals surface area contributed by atoms with E-state index in [1.165, 1.54) is 6.42 Å². The molecule has 1 aliphatic heterocycles. The summed E-state index contributed by atoms with van der Waals surface area (Å²) >= 11 is 1.55. The Morgan fingerprint density at radius 2 is 1.94 bits per heavy atom. The van der Waals surface area contributed by atoms with Crippen LogP contribution >= 0.6 is 11.3 Å². The molecule has 2 amide bonds. The molecule has 31 heavy (non-hydrogen) atoms. The highest BCUT2D eigenvalue weighted by Gasteiger charge is 2.52. The third kappa shape index (κ3) is 4.20. The topological polar surface area (TPSA) is 77.9 Å². The van der Waals surface area contributed by atoms with Crippen molar-refractivity contribution in [1.29, 1.82) is 0 Å². The van der Waals surface area contributed by atoms with Crippen molar-refractivity contribution in [3.8, 4) is 0 Å². The standard InChI is InChI=1S/C24H30N2O4S/c1-24(23(30)25(14-7-12-21(27)28)17-8-3-2-4-9-17)13-15-26(24)22(29)19-16-31-20-11-6-5-10-18(19)20/h5-6,10-11,16-17H,2-4,7-9,12-15H2,1H3,(H,27,28). The van der Waals surface area contributed by atoms with Gasteiger partial charge < -0.3 is 14.9 Å². The van der Waals surface area contributed by atoms with Crippen LogP contribution in [0.3, 0.4) is 0 Å². The van der Waals surface area contributed by atoms with Gasteiger partial charge in [0.15, 0.2) is 0 Å². The summed E-state index contributed by atoms with van der Waals surface area (Å²) in [6.07, 6.45) is 6.41.